The second kappa shape index (κ2) is 38.1. The summed E-state index contributed by atoms with van der Waals surface area (Å²) in [6.45, 7) is 10.1. The van der Waals surface area contributed by atoms with Crippen LogP contribution in [0.25, 0.3) is 66.8 Å². The van der Waals surface area contributed by atoms with E-state index in [1.807, 2.05) is 108 Å². The molecule has 118 heavy (non-hydrogen) atoms. The molecule has 4 aliphatic rings. The summed E-state index contributed by atoms with van der Waals surface area (Å²) in [5, 5.41) is 3.28. The maximum Gasteiger partial charge on any atom is 0.210 e. The number of aryl methyl sites for hydroxylation is 4. The third kappa shape index (κ3) is 18.9. The molecule has 0 fully saturated rings. The molecule has 16 rings (SSSR count). The Kier molecular flexibility index (Phi) is 26.4. The Bertz CT molecular complexity index is 6550. The Morgan fingerprint density at radius 3 is 1.18 bits per heavy atom. The van der Waals surface area contributed by atoms with E-state index in [2.05, 4.69) is 253 Å². The summed E-state index contributed by atoms with van der Waals surface area (Å²) in [6.07, 6.45) is 3.46. The number of thioether (sulfide) groups is 4. The minimum atomic E-state index is -4.82. The minimum absolute atomic E-state index is 0.264. The highest BCUT2D eigenvalue weighted by Crippen LogP contribution is 2.47. The third-order valence-corrected chi connectivity index (χ3v) is 26.7. The predicted molar refractivity (Wildman–Crippen MR) is 488 cm³/mol. The molecular formula is C100H88N4O8S6. The van der Waals surface area contributed by atoms with Crippen molar-refractivity contribution in [3.05, 3.63) is 373 Å². The van der Waals surface area contributed by atoms with Crippen molar-refractivity contribution in [1.29, 1.82) is 0 Å². The molecule has 0 bridgehead atoms. The highest BCUT2D eigenvalue weighted by atomic mass is 32.2. The Hall–Kier alpha value is -11.2. The average molecular weight is 1670 g/mol. The Morgan fingerprint density at radius 1 is 0.339 bits per heavy atom. The van der Waals surface area contributed by atoms with Crippen LogP contribution in [0.4, 0.5) is 34.1 Å². The molecule has 0 unspecified atom stereocenters. The molecule has 12 nitrogen and oxygen atoms in total. The van der Waals surface area contributed by atoms with Gasteiger partial charge in [-0.1, -0.05) is 221 Å². The zero-order valence-electron chi connectivity index (χ0n) is 65.9. The van der Waals surface area contributed by atoms with Crippen LogP contribution >= 0.6 is 47.0 Å². The summed E-state index contributed by atoms with van der Waals surface area (Å²) in [5.74, 6) is 4.11. The zero-order valence-corrected chi connectivity index (χ0v) is 70.8. The van der Waals surface area contributed by atoms with Crippen LogP contribution in [0.3, 0.4) is 0 Å². The van der Waals surface area contributed by atoms with Crippen molar-refractivity contribution in [3.63, 3.8) is 0 Å². The van der Waals surface area contributed by atoms with Gasteiger partial charge >= 0.3 is 0 Å². The highest BCUT2D eigenvalue weighted by molar-refractivity contribution is 8.00. The molecule has 18 heteroatoms. The molecule has 0 radical (unpaired) electrons. The number of benzene rings is 14. The maximum atomic E-state index is 12.8. The van der Waals surface area contributed by atoms with Gasteiger partial charge in [0.1, 0.15) is 42.9 Å². The fraction of sp³-hybridized carbons (Fsp3) is 0.140. The molecule has 592 valence electrons. The van der Waals surface area contributed by atoms with E-state index in [1.54, 1.807) is 59.9 Å². The summed E-state index contributed by atoms with van der Waals surface area (Å²) in [4.78, 5) is 8.84. The van der Waals surface area contributed by atoms with E-state index < -0.39 is 20.2 Å². The van der Waals surface area contributed by atoms with Crippen molar-refractivity contribution >= 4 is 123 Å². The van der Waals surface area contributed by atoms with Crippen LogP contribution in [0.15, 0.2) is 378 Å². The zero-order chi connectivity index (χ0) is 81.5. The number of hydrogen-bond donors (Lipinski definition) is 0. The van der Waals surface area contributed by atoms with Gasteiger partial charge < -0.3 is 27.7 Å². The molecule has 12 aromatic carbocycles. The quantitative estimate of drug-likeness (QED) is 0.0150. The smallest absolute Gasteiger partial charge is 0.210 e. The molecule has 0 aromatic heterocycles. The van der Waals surface area contributed by atoms with Gasteiger partial charge in [-0.15, -0.1) is 35.3 Å². The normalized spacial score (nSPS) is 12.2. The van der Waals surface area contributed by atoms with Crippen LogP contribution in [-0.2, 0) is 45.9 Å². The topological polar surface area (TPSA) is 153 Å². The molecule has 0 N–H and O–H groups in total. The van der Waals surface area contributed by atoms with Gasteiger partial charge in [-0.3, -0.25) is 0 Å². The molecular weight excluding hydrogens is 1580 g/mol. The molecule has 0 atom stereocenters. The van der Waals surface area contributed by atoms with E-state index >= 15 is 0 Å². The molecule has 0 saturated carbocycles. The summed E-state index contributed by atoms with van der Waals surface area (Å²) < 4.78 is 95.4. The van der Waals surface area contributed by atoms with Crippen molar-refractivity contribution in [2.75, 3.05) is 46.1 Å². The maximum absolute atomic E-state index is 12.8. The average Bonchev–Trinajstić information content (AvgIpc) is 0.742. The van der Waals surface area contributed by atoms with E-state index in [9.17, 15) is 25.9 Å². The van der Waals surface area contributed by atoms with Gasteiger partial charge in [-0.2, -0.15) is 9.15 Å². The van der Waals surface area contributed by atoms with Crippen LogP contribution in [0.1, 0.15) is 49.9 Å². The lowest BCUT2D eigenvalue weighted by atomic mass is 9.93. The predicted octanol–water partition coefficient (Wildman–Crippen LogP) is 24.0. The van der Waals surface area contributed by atoms with Gasteiger partial charge in [0.05, 0.1) is 33.6 Å². The number of hydrogen-bond acceptors (Lipinski definition) is 14. The second-order valence-corrected chi connectivity index (χ2v) is 35.2. The van der Waals surface area contributed by atoms with Crippen molar-refractivity contribution in [1.82, 2.24) is 9.15 Å². The lowest BCUT2D eigenvalue weighted by Gasteiger charge is -2.28. The van der Waals surface area contributed by atoms with E-state index in [0.717, 1.165) is 105 Å². The van der Waals surface area contributed by atoms with Gasteiger partial charge in [0, 0.05) is 146 Å². The molecule has 2 aliphatic heterocycles. The summed E-state index contributed by atoms with van der Waals surface area (Å²) in [5.41, 5.74) is 15.7. The van der Waals surface area contributed by atoms with Crippen molar-refractivity contribution in [2.45, 2.75) is 82.8 Å². The third-order valence-electron chi connectivity index (χ3n) is 21.0. The highest BCUT2D eigenvalue weighted by Gasteiger charge is 2.28. The molecule has 0 amide bonds. The number of para-hydroxylation sites is 4. The number of nitrogens with zero attached hydrogens (tertiary/aromatic N) is 4. The van der Waals surface area contributed by atoms with E-state index in [1.165, 1.54) is 44.2 Å². The number of fused-ring (bicyclic) bond motifs is 4. The van der Waals surface area contributed by atoms with Gasteiger partial charge in [-0.25, -0.2) is 16.8 Å². The van der Waals surface area contributed by atoms with Gasteiger partial charge in [-0.05, 0) is 146 Å². The summed E-state index contributed by atoms with van der Waals surface area (Å²) in [6, 6.07) is 113. The standard InChI is InChI=1S/C51H46N2O4S3.C49H42N2O4S3/c1-3-37-17-11-14-24-46(37)52(31-33-58-41-19-7-5-8-20-41)39-27-29-43-48(35-39)57-49-36-40(28-30-44(49)51(43)45-23-13-16-26-50(45)60(54,55)56)53(47-25-15-12-18-38(47)4-2)32-34-59-42-21-9-6-10-22-42;1-3-35-17-11-14-24-44(35)50(33-56-39-19-7-5-8-20-39)37-27-29-41-46(31-37)55-47-32-38(28-30-42(47)49(41)43-23-13-16-26-48(43)58(52,53)54)51(34-57-40-21-9-6-10-22-40)45-25-15-12-18-36(45)4-2/h5-30,35-36H,3-4,31-34H2,1-2H3;5-32H,3-4,33-34H2,1-2H3. The van der Waals surface area contributed by atoms with Crippen molar-refractivity contribution in [2.24, 2.45) is 0 Å². The fourth-order valence-electron chi connectivity index (χ4n) is 15.3. The van der Waals surface area contributed by atoms with Gasteiger partial charge in [0.2, 0.25) is 22.1 Å². The SMILES string of the molecule is CCc1ccccc1N(CCSc1ccccc1)c1ccc2c(-c3ccccc3S(=O)(=O)[O-])c3ccc(=[N+](CCSc4ccccc4)c4ccccc4CC)cc-3oc2c1.CCc1ccccc1N(CSc1ccccc1)c1ccc2c(-c3ccccc3S(=O)(=O)[O-])c3ccc(=[N+](CSc4ccccc4)c4ccccc4CC)cc-3oc2c1. The van der Waals surface area contributed by atoms with Crippen molar-refractivity contribution in [3.8, 4) is 44.9 Å². The summed E-state index contributed by atoms with van der Waals surface area (Å²) >= 11 is 7.11. The van der Waals surface area contributed by atoms with Gasteiger partial charge in [0.25, 0.3) is 0 Å². The number of rotatable bonds is 28. The Balaban J connectivity index is 0.000000185. The molecule has 0 spiro atoms. The molecule has 0 saturated heterocycles. The van der Waals surface area contributed by atoms with Crippen molar-refractivity contribution < 1.29 is 34.8 Å². The lowest BCUT2D eigenvalue weighted by molar-refractivity contribution is 0.461. The molecule has 2 aliphatic carbocycles. The van der Waals surface area contributed by atoms with E-state index in [-0.39, 0.29) is 9.79 Å². The van der Waals surface area contributed by atoms with Gasteiger partial charge in [0.15, 0.2) is 12.4 Å². The van der Waals surface area contributed by atoms with Crippen LogP contribution < -0.4 is 29.7 Å². The van der Waals surface area contributed by atoms with Crippen LogP contribution in [-0.4, -0.2) is 62.3 Å². The Labute approximate surface area is 708 Å². The van der Waals surface area contributed by atoms with Crippen LogP contribution in [0.5, 0.6) is 0 Å². The lowest BCUT2D eigenvalue weighted by Crippen LogP contribution is -2.28. The summed E-state index contributed by atoms with van der Waals surface area (Å²) in [7, 11) is -9.64. The molecule has 2 heterocycles. The van der Waals surface area contributed by atoms with Crippen LogP contribution in [0.2, 0.25) is 0 Å². The van der Waals surface area contributed by atoms with Crippen LogP contribution in [0, 0.1) is 0 Å². The first kappa shape index (κ1) is 82.0. The second-order valence-electron chi connectivity index (χ2n) is 28.2. The first-order valence-electron chi connectivity index (χ1n) is 39.6. The van der Waals surface area contributed by atoms with E-state index in [4.69, 9.17) is 8.83 Å². The largest absolute Gasteiger partial charge is 0.744 e. The minimum Gasteiger partial charge on any atom is -0.744 e. The number of anilines is 4. The Morgan fingerprint density at radius 2 is 0.712 bits per heavy atom. The fourth-order valence-corrected chi connectivity index (χ4v) is 20.2. The van der Waals surface area contributed by atoms with E-state index in [0.29, 0.717) is 78.6 Å². The monoisotopic (exact) mass is 1660 g/mol. The molecule has 12 aromatic rings. The first-order valence-corrected chi connectivity index (χ1v) is 46.3. The first-order chi connectivity index (χ1) is 57.6.